The highest BCUT2D eigenvalue weighted by atomic mass is 16.5. The summed E-state index contributed by atoms with van der Waals surface area (Å²) in [7, 11) is 0. The molecule has 0 bridgehead atoms. The lowest BCUT2D eigenvalue weighted by Crippen LogP contribution is -2.30. The van der Waals surface area contributed by atoms with Crippen LogP contribution < -0.4 is 10.1 Å². The van der Waals surface area contributed by atoms with Crippen LogP contribution in [-0.2, 0) is 4.79 Å². The van der Waals surface area contributed by atoms with Crippen molar-refractivity contribution in [2.45, 2.75) is 25.9 Å². The maximum Gasteiger partial charge on any atom is 0.257 e. The first-order chi connectivity index (χ1) is 8.65. The minimum Gasteiger partial charge on any atom is -0.484 e. The van der Waals surface area contributed by atoms with Gasteiger partial charge in [0.05, 0.1) is 6.10 Å². The van der Waals surface area contributed by atoms with Crippen molar-refractivity contribution in [2.75, 3.05) is 13.2 Å². The molecule has 1 atom stereocenters. The van der Waals surface area contributed by atoms with Crippen LogP contribution in [0.1, 0.15) is 31.4 Å². The SMILES string of the molecule is CC(O)c1ccc(OCC(=O)NCC2CC2)cc1. The van der Waals surface area contributed by atoms with Crippen molar-refractivity contribution in [3.8, 4) is 5.75 Å². The second kappa shape index (κ2) is 5.87. The molecule has 0 aliphatic heterocycles. The van der Waals surface area contributed by atoms with E-state index >= 15 is 0 Å². The van der Waals surface area contributed by atoms with Crippen LogP contribution in [0.2, 0.25) is 0 Å². The Labute approximate surface area is 107 Å². The van der Waals surface area contributed by atoms with Crippen molar-refractivity contribution in [3.63, 3.8) is 0 Å². The Bertz CT molecular complexity index is 396. The Balaban J connectivity index is 1.73. The number of benzene rings is 1. The molecule has 1 saturated carbocycles. The van der Waals surface area contributed by atoms with Gasteiger partial charge in [-0.3, -0.25) is 4.79 Å². The fourth-order valence-electron chi connectivity index (χ4n) is 1.62. The number of hydrogen-bond acceptors (Lipinski definition) is 3. The van der Waals surface area contributed by atoms with Crippen molar-refractivity contribution >= 4 is 5.91 Å². The number of hydrogen-bond donors (Lipinski definition) is 2. The Morgan fingerprint density at radius 1 is 1.44 bits per heavy atom. The minimum atomic E-state index is -0.485. The summed E-state index contributed by atoms with van der Waals surface area (Å²) in [6, 6.07) is 7.11. The standard InChI is InChI=1S/C14H19NO3/c1-10(16)12-4-6-13(7-5-12)18-9-14(17)15-8-11-2-3-11/h4-7,10-11,16H,2-3,8-9H2,1H3,(H,15,17). The zero-order chi connectivity index (χ0) is 13.0. The lowest BCUT2D eigenvalue weighted by molar-refractivity contribution is -0.123. The molecule has 18 heavy (non-hydrogen) atoms. The molecule has 2 N–H and O–H groups in total. The van der Waals surface area contributed by atoms with E-state index in [0.717, 1.165) is 12.1 Å². The van der Waals surface area contributed by atoms with Gasteiger partial charge in [0, 0.05) is 6.54 Å². The van der Waals surface area contributed by atoms with E-state index in [4.69, 9.17) is 4.74 Å². The molecule has 4 nitrogen and oxygen atoms in total. The van der Waals surface area contributed by atoms with Crippen LogP contribution in [0.4, 0.5) is 0 Å². The fraction of sp³-hybridized carbons (Fsp3) is 0.500. The maximum atomic E-state index is 11.4. The minimum absolute atomic E-state index is 0.0424. The summed E-state index contributed by atoms with van der Waals surface area (Å²) in [5.41, 5.74) is 0.834. The van der Waals surface area contributed by atoms with Gasteiger partial charge in [-0.25, -0.2) is 0 Å². The molecule has 4 heteroatoms. The summed E-state index contributed by atoms with van der Waals surface area (Å²) in [5.74, 6) is 1.24. The molecule has 0 aromatic heterocycles. The molecule has 1 amide bonds. The van der Waals surface area contributed by atoms with E-state index in [1.165, 1.54) is 12.8 Å². The smallest absolute Gasteiger partial charge is 0.257 e. The third-order valence-corrected chi connectivity index (χ3v) is 3.02. The maximum absolute atomic E-state index is 11.4. The Hall–Kier alpha value is -1.55. The van der Waals surface area contributed by atoms with Gasteiger partial charge in [0.25, 0.3) is 5.91 Å². The van der Waals surface area contributed by atoms with E-state index in [2.05, 4.69) is 5.32 Å². The van der Waals surface area contributed by atoms with Gasteiger partial charge in [0.1, 0.15) is 5.75 Å². The second-order valence-electron chi connectivity index (χ2n) is 4.78. The highest BCUT2D eigenvalue weighted by Gasteiger charge is 2.21. The molecule has 98 valence electrons. The average Bonchev–Trinajstić information content (AvgIpc) is 3.18. The topological polar surface area (TPSA) is 58.6 Å². The molecule has 1 aliphatic rings. The third kappa shape index (κ3) is 4.04. The Morgan fingerprint density at radius 3 is 2.67 bits per heavy atom. The molecule has 0 spiro atoms. The highest BCUT2D eigenvalue weighted by molar-refractivity contribution is 5.77. The van der Waals surface area contributed by atoms with E-state index < -0.39 is 6.10 Å². The number of aliphatic hydroxyl groups is 1. The predicted octanol–water partition coefficient (Wildman–Crippen LogP) is 1.64. The zero-order valence-corrected chi connectivity index (χ0v) is 10.6. The van der Waals surface area contributed by atoms with E-state index in [1.807, 2.05) is 0 Å². The quantitative estimate of drug-likeness (QED) is 0.806. The molecule has 1 aliphatic carbocycles. The zero-order valence-electron chi connectivity index (χ0n) is 10.6. The van der Waals surface area contributed by atoms with Crippen LogP contribution in [0.25, 0.3) is 0 Å². The van der Waals surface area contributed by atoms with Crippen molar-refractivity contribution in [1.82, 2.24) is 5.32 Å². The van der Waals surface area contributed by atoms with Crippen molar-refractivity contribution < 1.29 is 14.6 Å². The van der Waals surface area contributed by atoms with Gasteiger partial charge < -0.3 is 15.2 Å². The first-order valence-electron chi connectivity index (χ1n) is 6.32. The van der Waals surface area contributed by atoms with Gasteiger partial charge in [0.15, 0.2) is 6.61 Å². The largest absolute Gasteiger partial charge is 0.484 e. The van der Waals surface area contributed by atoms with Gasteiger partial charge in [-0.2, -0.15) is 0 Å². The van der Waals surface area contributed by atoms with Crippen LogP contribution in [0.15, 0.2) is 24.3 Å². The third-order valence-electron chi connectivity index (χ3n) is 3.02. The Morgan fingerprint density at radius 2 is 2.11 bits per heavy atom. The Kier molecular flexibility index (Phi) is 4.20. The number of carbonyl (C=O) groups is 1. The molecule has 0 heterocycles. The van der Waals surface area contributed by atoms with E-state index in [0.29, 0.717) is 11.7 Å². The van der Waals surface area contributed by atoms with Crippen molar-refractivity contribution in [2.24, 2.45) is 5.92 Å². The first kappa shape index (κ1) is 12.9. The summed E-state index contributed by atoms with van der Waals surface area (Å²) in [4.78, 5) is 11.4. The summed E-state index contributed by atoms with van der Waals surface area (Å²) in [5, 5.41) is 12.2. The summed E-state index contributed by atoms with van der Waals surface area (Å²) >= 11 is 0. The van der Waals surface area contributed by atoms with Crippen LogP contribution in [0.5, 0.6) is 5.75 Å². The molecule has 1 unspecified atom stereocenters. The number of amides is 1. The van der Waals surface area contributed by atoms with Gasteiger partial charge in [-0.05, 0) is 43.4 Å². The predicted molar refractivity (Wildman–Crippen MR) is 68.3 cm³/mol. The van der Waals surface area contributed by atoms with E-state index in [-0.39, 0.29) is 12.5 Å². The number of carbonyl (C=O) groups excluding carboxylic acids is 1. The van der Waals surface area contributed by atoms with Gasteiger partial charge in [-0.15, -0.1) is 0 Å². The van der Waals surface area contributed by atoms with Crippen LogP contribution in [0, 0.1) is 5.92 Å². The first-order valence-corrected chi connectivity index (χ1v) is 6.32. The molecule has 1 fully saturated rings. The average molecular weight is 249 g/mol. The number of aliphatic hydroxyl groups excluding tert-OH is 1. The normalized spacial score (nSPS) is 16.1. The monoisotopic (exact) mass is 249 g/mol. The van der Waals surface area contributed by atoms with Crippen molar-refractivity contribution in [1.29, 1.82) is 0 Å². The molecular formula is C14H19NO3. The fourth-order valence-corrected chi connectivity index (χ4v) is 1.62. The van der Waals surface area contributed by atoms with Crippen LogP contribution in [-0.4, -0.2) is 24.2 Å². The molecule has 2 rings (SSSR count). The summed E-state index contributed by atoms with van der Waals surface area (Å²) in [6.07, 6.45) is 1.96. The van der Waals surface area contributed by atoms with E-state index in [1.54, 1.807) is 31.2 Å². The van der Waals surface area contributed by atoms with Gasteiger partial charge >= 0.3 is 0 Å². The molecule has 0 saturated heterocycles. The summed E-state index contributed by atoms with van der Waals surface area (Å²) in [6.45, 7) is 2.52. The van der Waals surface area contributed by atoms with E-state index in [9.17, 15) is 9.90 Å². The van der Waals surface area contributed by atoms with Gasteiger partial charge in [-0.1, -0.05) is 12.1 Å². The molecule has 1 aromatic rings. The number of ether oxygens (including phenoxy) is 1. The van der Waals surface area contributed by atoms with Crippen LogP contribution >= 0.6 is 0 Å². The number of nitrogens with one attached hydrogen (secondary N) is 1. The lowest BCUT2D eigenvalue weighted by atomic mass is 10.1. The van der Waals surface area contributed by atoms with Crippen LogP contribution in [0.3, 0.4) is 0 Å². The lowest BCUT2D eigenvalue weighted by Gasteiger charge is -2.08. The molecular weight excluding hydrogens is 230 g/mol. The second-order valence-corrected chi connectivity index (χ2v) is 4.78. The molecule has 1 aromatic carbocycles. The summed E-state index contributed by atoms with van der Waals surface area (Å²) < 4.78 is 5.36. The number of rotatable bonds is 6. The molecule has 0 radical (unpaired) electrons. The van der Waals surface area contributed by atoms with Gasteiger partial charge in [0.2, 0.25) is 0 Å². The van der Waals surface area contributed by atoms with Crippen molar-refractivity contribution in [3.05, 3.63) is 29.8 Å². The highest BCUT2D eigenvalue weighted by Crippen LogP contribution is 2.27.